The second kappa shape index (κ2) is 37.0. The molecule has 15 nitrogen and oxygen atoms in total. The van der Waals surface area contributed by atoms with Gasteiger partial charge in [0.05, 0.1) is 27.8 Å². The van der Waals surface area contributed by atoms with Crippen molar-refractivity contribution in [2.75, 3.05) is 0 Å². The van der Waals surface area contributed by atoms with E-state index >= 15 is 0 Å². The first-order valence-corrected chi connectivity index (χ1v) is 50.1. The topological polar surface area (TPSA) is 170 Å². The van der Waals surface area contributed by atoms with Crippen LogP contribution in [0.25, 0.3) is 284 Å². The Morgan fingerprint density at radius 2 is 0.453 bits per heavy atom. The van der Waals surface area contributed by atoms with Gasteiger partial charge in [-0.15, -0.1) is 0 Å². The van der Waals surface area contributed by atoms with Crippen LogP contribution in [0.15, 0.2) is 523 Å². The highest BCUT2D eigenvalue weighted by molar-refractivity contribution is 6.26. The molecule has 0 amide bonds. The molecule has 0 aliphatic rings. The molecule has 0 unspecified atom stereocenters. The van der Waals surface area contributed by atoms with Gasteiger partial charge >= 0.3 is 0 Å². The van der Waals surface area contributed by atoms with Crippen LogP contribution in [-0.2, 0) is 0 Å². The highest BCUT2D eigenvalue weighted by Crippen LogP contribution is 2.48. The average molecular weight is 1920 g/mol. The van der Waals surface area contributed by atoms with Gasteiger partial charge in [-0.3, -0.25) is 9.13 Å². The Morgan fingerprint density at radius 3 is 0.927 bits per heavy atom. The van der Waals surface area contributed by atoms with E-state index in [0.29, 0.717) is 52.7 Å². The fraction of sp³-hybridized carbons (Fsp3) is 0. The highest BCUT2D eigenvalue weighted by atomic mass is 16.3. The number of fused-ring (bicyclic) bond motifs is 20. The molecule has 702 valence electrons. The van der Waals surface area contributed by atoms with Crippen LogP contribution < -0.4 is 0 Å². The number of nitrogens with zero attached hydrogens (tertiary/aromatic N) is 12. The normalized spacial score (nSPS) is 11.6. The quantitative estimate of drug-likeness (QED) is 0.0953. The van der Waals surface area contributed by atoms with Gasteiger partial charge in [-0.1, -0.05) is 431 Å². The van der Waals surface area contributed by atoms with Crippen LogP contribution in [0.4, 0.5) is 0 Å². The molecular formula is C135H84N12O3. The van der Waals surface area contributed by atoms with Crippen molar-refractivity contribution in [2.24, 2.45) is 0 Å². The molecule has 15 heteroatoms. The van der Waals surface area contributed by atoms with E-state index in [1.807, 2.05) is 158 Å². The van der Waals surface area contributed by atoms with Gasteiger partial charge in [0.1, 0.15) is 33.4 Å². The lowest BCUT2D eigenvalue weighted by molar-refractivity contribution is 0.669. The van der Waals surface area contributed by atoms with E-state index in [0.717, 1.165) is 221 Å². The summed E-state index contributed by atoms with van der Waals surface area (Å²) in [5.74, 6) is 5.30. The van der Waals surface area contributed by atoms with E-state index in [2.05, 4.69) is 366 Å². The van der Waals surface area contributed by atoms with Crippen molar-refractivity contribution in [3.63, 3.8) is 0 Å². The molecule has 0 fully saturated rings. The molecule has 0 spiro atoms. The lowest BCUT2D eigenvalue weighted by atomic mass is 9.99. The largest absolute Gasteiger partial charge is 0.456 e. The minimum Gasteiger partial charge on any atom is -0.456 e. The summed E-state index contributed by atoms with van der Waals surface area (Å²) in [4.78, 5) is 46.2. The van der Waals surface area contributed by atoms with E-state index in [1.165, 1.54) is 10.9 Å². The zero-order valence-electron chi connectivity index (χ0n) is 80.6. The number of aromatic nitrogens is 12. The number of hydrogen-bond acceptors (Lipinski definition) is 12. The van der Waals surface area contributed by atoms with Crippen LogP contribution in [0.1, 0.15) is 0 Å². The molecule has 9 aromatic heterocycles. The van der Waals surface area contributed by atoms with E-state index < -0.39 is 0 Å². The minimum atomic E-state index is 0.527. The second-order valence-electron chi connectivity index (χ2n) is 37.3. The highest BCUT2D eigenvalue weighted by Gasteiger charge is 2.29. The van der Waals surface area contributed by atoms with Crippen molar-refractivity contribution in [2.45, 2.75) is 0 Å². The molecule has 0 radical (unpaired) electrons. The van der Waals surface area contributed by atoms with E-state index in [9.17, 15) is 0 Å². The van der Waals surface area contributed by atoms with Crippen molar-refractivity contribution >= 4 is 131 Å². The minimum absolute atomic E-state index is 0.527. The fourth-order valence-electron chi connectivity index (χ4n) is 21.3. The Morgan fingerprint density at radius 1 is 0.147 bits per heavy atom. The summed E-state index contributed by atoms with van der Waals surface area (Å²) in [6, 6.07) is 176. The van der Waals surface area contributed by atoms with Crippen LogP contribution in [0.2, 0.25) is 0 Å². The van der Waals surface area contributed by atoms with E-state index in [1.54, 1.807) is 0 Å². The summed E-state index contributed by atoms with van der Waals surface area (Å²) in [6.07, 6.45) is 0. The zero-order chi connectivity index (χ0) is 99.1. The van der Waals surface area contributed by atoms with E-state index in [-0.39, 0.29) is 0 Å². The zero-order valence-corrected chi connectivity index (χ0v) is 80.6. The molecule has 30 aromatic rings. The Labute approximate surface area is 859 Å². The first-order chi connectivity index (χ1) is 74.4. The van der Waals surface area contributed by atoms with Crippen LogP contribution in [-0.4, -0.2) is 58.6 Å². The predicted octanol–water partition coefficient (Wildman–Crippen LogP) is 34.6. The molecule has 30 rings (SSSR count). The maximum Gasteiger partial charge on any atom is 0.238 e. The smallest absolute Gasteiger partial charge is 0.238 e. The Balaban J connectivity index is 0.000000108. The summed E-state index contributed by atoms with van der Waals surface area (Å²) >= 11 is 0. The SMILES string of the molecule is c1ccc(-c2ccc(-c3nc(-c4ccccc4)nc(-c4ccccc4-n4c5ccccc5c5cc6c(cc54)oc4ccccc46)n3)cc2)cc1.c1ccc(-c2ccc(-c3nc(-c4ccccc4)nc(-n4c5ccc(-c6ccccc6)cc5c5ccc6c7ccccc7oc6c54)n3)cc2)cc1.c1ccc(-c2ccc(-c3nc(-c4ccccc4)nc(-n4c5cccc(-c6ccccc6)c5c5ccc6c7ccccc7oc6c54)n3)cc2)cc1. The van der Waals surface area contributed by atoms with Gasteiger partial charge in [0.15, 0.2) is 51.9 Å². The fourth-order valence-corrected chi connectivity index (χ4v) is 21.3. The van der Waals surface area contributed by atoms with E-state index in [4.69, 9.17) is 58.1 Å². The summed E-state index contributed by atoms with van der Waals surface area (Å²) in [5, 5.41) is 13.2. The number of hydrogen-bond donors (Lipinski definition) is 0. The van der Waals surface area contributed by atoms with Gasteiger partial charge in [0, 0.05) is 110 Å². The number of furan rings is 3. The van der Waals surface area contributed by atoms with Crippen molar-refractivity contribution in [3.8, 4) is 153 Å². The van der Waals surface area contributed by atoms with Crippen molar-refractivity contribution in [3.05, 3.63) is 510 Å². The van der Waals surface area contributed by atoms with Crippen molar-refractivity contribution < 1.29 is 13.3 Å². The monoisotopic (exact) mass is 1920 g/mol. The molecule has 0 N–H and O–H groups in total. The molecule has 0 aliphatic carbocycles. The van der Waals surface area contributed by atoms with Gasteiger partial charge in [0.25, 0.3) is 0 Å². The molecule has 150 heavy (non-hydrogen) atoms. The molecule has 21 aromatic carbocycles. The molecule has 0 bridgehead atoms. The van der Waals surface area contributed by atoms with Gasteiger partial charge in [0.2, 0.25) is 11.9 Å². The maximum atomic E-state index is 6.70. The third-order valence-corrected chi connectivity index (χ3v) is 28.4. The third-order valence-electron chi connectivity index (χ3n) is 28.4. The number of benzene rings is 21. The summed E-state index contributed by atoms with van der Waals surface area (Å²) in [5.41, 5.74) is 29.9. The van der Waals surface area contributed by atoms with Crippen molar-refractivity contribution in [1.29, 1.82) is 0 Å². The summed E-state index contributed by atoms with van der Waals surface area (Å²) < 4.78 is 26.4. The van der Waals surface area contributed by atoms with Crippen LogP contribution in [0.3, 0.4) is 0 Å². The van der Waals surface area contributed by atoms with Gasteiger partial charge in [-0.2, -0.15) is 19.9 Å². The van der Waals surface area contributed by atoms with Crippen molar-refractivity contribution in [1.82, 2.24) is 58.6 Å². The lowest BCUT2D eigenvalue weighted by Crippen LogP contribution is -2.06. The summed E-state index contributed by atoms with van der Waals surface area (Å²) in [7, 11) is 0. The van der Waals surface area contributed by atoms with Gasteiger partial charge in [-0.25, -0.2) is 24.9 Å². The van der Waals surface area contributed by atoms with Gasteiger partial charge in [-0.05, 0) is 128 Å². The molecule has 9 heterocycles. The van der Waals surface area contributed by atoms with Gasteiger partial charge < -0.3 is 17.8 Å². The third kappa shape index (κ3) is 15.6. The number of rotatable bonds is 15. The van der Waals surface area contributed by atoms with Crippen LogP contribution in [0, 0.1) is 0 Å². The molecule has 0 atom stereocenters. The maximum absolute atomic E-state index is 6.70. The molecule has 0 saturated heterocycles. The summed E-state index contributed by atoms with van der Waals surface area (Å²) in [6.45, 7) is 0. The Bertz CT molecular complexity index is 10400. The Hall–Kier alpha value is -20.6. The first-order valence-electron chi connectivity index (χ1n) is 50.1. The lowest BCUT2D eigenvalue weighted by Gasteiger charge is -2.14. The Kier molecular flexibility index (Phi) is 21.5. The predicted molar refractivity (Wildman–Crippen MR) is 610 cm³/mol. The standard InChI is InChI=1S/3C45H28N4O/c1-4-13-29(14-5-1)30-23-25-33(26-24-30)44-46-43(32-17-8-3-9-18-32)47-45(48-44)49-38-21-12-20-34(31-15-6-2-7-16-31)40(38)37-28-27-36-35-19-10-11-22-39(35)50-42(36)41(37)49;1-4-12-29(13-5-1)31-20-22-33(23-21-31)44-46-43(32-16-8-3-9-17-32)47-45(48-44)49-39-27-24-34(30-14-6-2-7-15-30)28-38(39)36-25-26-37-35-18-10-11-19-40(35)50-42(37)41(36)49;1-3-13-29(14-4-1)30-23-25-32(26-24-30)44-46-43(31-15-5-2-6-16-31)47-45(48-44)35-19-8-11-21-39(35)49-38-20-10-7-17-33(38)36-27-37-34-18-9-12-22-41(34)50-42(37)28-40(36)49/h3*1-28H. The first kappa shape index (κ1) is 87.3. The molecule has 0 aliphatic heterocycles. The molecular weight excluding hydrogens is 1840 g/mol. The average Bonchev–Trinajstić information content (AvgIpc) is 1.56. The molecule has 0 saturated carbocycles. The van der Waals surface area contributed by atoms with Crippen LogP contribution >= 0.6 is 0 Å². The number of para-hydroxylation sites is 5. The second-order valence-corrected chi connectivity index (χ2v) is 37.3. The van der Waals surface area contributed by atoms with Crippen LogP contribution in [0.5, 0.6) is 0 Å².